The summed E-state index contributed by atoms with van der Waals surface area (Å²) >= 11 is 0. The summed E-state index contributed by atoms with van der Waals surface area (Å²) in [5, 5.41) is 9.27. The van der Waals surface area contributed by atoms with Gasteiger partial charge in [-0.25, -0.2) is 0 Å². The lowest BCUT2D eigenvalue weighted by Gasteiger charge is -2.28. The zero-order valence-corrected chi connectivity index (χ0v) is 6.98. The second-order valence-electron chi connectivity index (χ2n) is 3.48. The Morgan fingerprint density at radius 2 is 1.58 bits per heavy atom. The van der Waals surface area contributed by atoms with Gasteiger partial charge in [-0.05, 0) is 25.7 Å². The van der Waals surface area contributed by atoms with Crippen LogP contribution in [-0.2, 0) is 9.47 Å². The van der Waals surface area contributed by atoms with Gasteiger partial charge in [0.15, 0.2) is 0 Å². The molecule has 12 heavy (non-hydrogen) atoms. The highest BCUT2D eigenvalue weighted by Crippen LogP contribution is 2.30. The first-order valence-corrected chi connectivity index (χ1v) is 4.50. The minimum atomic E-state index is -0.101. The minimum absolute atomic E-state index is 0.0856. The quantitative estimate of drug-likeness (QED) is 0.646. The predicted molar refractivity (Wildman–Crippen MR) is 43.1 cm³/mol. The molecule has 0 unspecified atom stereocenters. The molecule has 0 bridgehead atoms. The molecule has 0 aromatic heterocycles. The van der Waals surface area contributed by atoms with Gasteiger partial charge in [0.05, 0.1) is 6.10 Å². The molecule has 3 heteroatoms. The summed E-state index contributed by atoms with van der Waals surface area (Å²) in [6, 6.07) is 0. The van der Waals surface area contributed by atoms with Crippen molar-refractivity contribution in [2.24, 2.45) is 5.92 Å². The fourth-order valence-electron chi connectivity index (χ4n) is 1.85. The number of ether oxygens (including phenoxy) is 2. The van der Waals surface area contributed by atoms with Gasteiger partial charge in [0.25, 0.3) is 0 Å². The van der Waals surface area contributed by atoms with Crippen LogP contribution in [0.5, 0.6) is 0 Å². The van der Waals surface area contributed by atoms with E-state index < -0.39 is 0 Å². The summed E-state index contributed by atoms with van der Waals surface area (Å²) < 4.78 is 10.5. The zero-order chi connectivity index (χ0) is 8.39. The molecule has 3 nitrogen and oxygen atoms in total. The SMILES string of the molecule is OC1CCC(C2OC=CO2)CC1. The monoisotopic (exact) mass is 170 g/mol. The van der Waals surface area contributed by atoms with E-state index in [9.17, 15) is 5.11 Å². The molecule has 1 aliphatic carbocycles. The van der Waals surface area contributed by atoms with Crippen molar-refractivity contribution < 1.29 is 14.6 Å². The first kappa shape index (κ1) is 7.92. The maximum atomic E-state index is 9.27. The summed E-state index contributed by atoms with van der Waals surface area (Å²) in [4.78, 5) is 0. The molecule has 0 radical (unpaired) electrons. The highest BCUT2D eigenvalue weighted by atomic mass is 16.7. The molecule has 0 spiro atoms. The van der Waals surface area contributed by atoms with Crippen LogP contribution in [0.15, 0.2) is 12.5 Å². The first-order chi connectivity index (χ1) is 5.86. The molecule has 1 aliphatic heterocycles. The Morgan fingerprint density at radius 1 is 1.00 bits per heavy atom. The highest BCUT2D eigenvalue weighted by Gasteiger charge is 2.29. The van der Waals surface area contributed by atoms with Gasteiger partial charge in [0, 0.05) is 5.92 Å². The molecule has 1 fully saturated rings. The molecule has 0 amide bonds. The van der Waals surface area contributed by atoms with Crippen LogP contribution in [-0.4, -0.2) is 17.5 Å². The van der Waals surface area contributed by atoms with Gasteiger partial charge in [-0.3, -0.25) is 0 Å². The van der Waals surface area contributed by atoms with Crippen LogP contribution in [0.3, 0.4) is 0 Å². The Hall–Kier alpha value is -0.700. The largest absolute Gasteiger partial charge is 0.459 e. The Morgan fingerprint density at radius 3 is 2.17 bits per heavy atom. The lowest BCUT2D eigenvalue weighted by atomic mass is 9.87. The van der Waals surface area contributed by atoms with Crippen molar-refractivity contribution >= 4 is 0 Å². The topological polar surface area (TPSA) is 38.7 Å². The molecular formula is C9H14O3. The summed E-state index contributed by atoms with van der Waals surface area (Å²) in [5.41, 5.74) is 0. The van der Waals surface area contributed by atoms with Crippen LogP contribution in [0.4, 0.5) is 0 Å². The molecule has 0 aromatic rings. The van der Waals surface area contributed by atoms with Gasteiger partial charge in [0.2, 0.25) is 6.29 Å². The van der Waals surface area contributed by atoms with E-state index in [1.807, 2.05) is 0 Å². The summed E-state index contributed by atoms with van der Waals surface area (Å²) in [5.74, 6) is 0.461. The molecule has 0 saturated heterocycles. The second-order valence-corrected chi connectivity index (χ2v) is 3.48. The highest BCUT2D eigenvalue weighted by molar-refractivity contribution is 4.80. The molecule has 1 saturated carbocycles. The molecule has 2 aliphatic rings. The van der Waals surface area contributed by atoms with Crippen molar-refractivity contribution in [3.8, 4) is 0 Å². The van der Waals surface area contributed by atoms with Crippen LogP contribution in [0, 0.1) is 5.92 Å². The first-order valence-electron chi connectivity index (χ1n) is 4.50. The van der Waals surface area contributed by atoms with Crippen molar-refractivity contribution in [3.05, 3.63) is 12.5 Å². The number of hydrogen-bond acceptors (Lipinski definition) is 3. The fourth-order valence-corrected chi connectivity index (χ4v) is 1.85. The van der Waals surface area contributed by atoms with Crippen molar-refractivity contribution in [1.82, 2.24) is 0 Å². The maximum absolute atomic E-state index is 9.27. The van der Waals surface area contributed by atoms with E-state index in [1.165, 1.54) is 0 Å². The molecular weight excluding hydrogens is 156 g/mol. The van der Waals surface area contributed by atoms with Crippen LogP contribution in [0.25, 0.3) is 0 Å². The average molecular weight is 170 g/mol. The third kappa shape index (κ3) is 1.55. The van der Waals surface area contributed by atoms with E-state index in [-0.39, 0.29) is 12.4 Å². The van der Waals surface area contributed by atoms with Crippen molar-refractivity contribution in [2.45, 2.75) is 38.1 Å². The van der Waals surface area contributed by atoms with Gasteiger partial charge >= 0.3 is 0 Å². The average Bonchev–Trinajstić information content (AvgIpc) is 2.58. The van der Waals surface area contributed by atoms with Crippen LogP contribution >= 0.6 is 0 Å². The van der Waals surface area contributed by atoms with Crippen LogP contribution in [0.2, 0.25) is 0 Å². The van der Waals surface area contributed by atoms with Gasteiger partial charge in [0.1, 0.15) is 12.5 Å². The normalized spacial score (nSPS) is 36.1. The minimum Gasteiger partial charge on any atom is -0.459 e. The molecule has 0 atom stereocenters. The Labute approximate surface area is 72.0 Å². The van der Waals surface area contributed by atoms with Crippen molar-refractivity contribution in [2.75, 3.05) is 0 Å². The van der Waals surface area contributed by atoms with E-state index in [4.69, 9.17) is 9.47 Å². The Bertz CT molecular complexity index is 163. The molecule has 1 N–H and O–H groups in total. The summed E-state index contributed by atoms with van der Waals surface area (Å²) in [7, 11) is 0. The molecule has 0 aromatic carbocycles. The molecule has 68 valence electrons. The van der Waals surface area contributed by atoms with E-state index >= 15 is 0 Å². The van der Waals surface area contributed by atoms with Gasteiger partial charge < -0.3 is 14.6 Å². The number of aliphatic hydroxyl groups is 1. The smallest absolute Gasteiger partial charge is 0.242 e. The van der Waals surface area contributed by atoms with Crippen LogP contribution in [0.1, 0.15) is 25.7 Å². The predicted octanol–water partition coefficient (Wildman–Crippen LogP) is 1.38. The fraction of sp³-hybridized carbons (Fsp3) is 0.778. The van der Waals surface area contributed by atoms with Crippen LogP contribution < -0.4 is 0 Å². The lowest BCUT2D eigenvalue weighted by Crippen LogP contribution is -2.28. The number of aliphatic hydroxyl groups excluding tert-OH is 1. The number of hydrogen-bond donors (Lipinski definition) is 1. The van der Waals surface area contributed by atoms with E-state index in [0.717, 1.165) is 25.7 Å². The number of rotatable bonds is 1. The van der Waals surface area contributed by atoms with Gasteiger partial charge in [-0.15, -0.1) is 0 Å². The lowest BCUT2D eigenvalue weighted by molar-refractivity contribution is -0.0845. The Balaban J connectivity index is 1.81. The van der Waals surface area contributed by atoms with E-state index in [0.29, 0.717) is 5.92 Å². The molecule has 2 rings (SSSR count). The second kappa shape index (κ2) is 3.35. The standard InChI is InChI=1S/C9H14O3/c10-8-3-1-7(2-4-8)9-11-5-6-12-9/h5-10H,1-4H2. The maximum Gasteiger partial charge on any atom is 0.242 e. The van der Waals surface area contributed by atoms with E-state index in [2.05, 4.69) is 0 Å². The summed E-state index contributed by atoms with van der Waals surface area (Å²) in [6.07, 6.45) is 6.78. The van der Waals surface area contributed by atoms with Crippen molar-refractivity contribution in [3.63, 3.8) is 0 Å². The summed E-state index contributed by atoms with van der Waals surface area (Å²) in [6.45, 7) is 0. The van der Waals surface area contributed by atoms with Gasteiger partial charge in [-0.1, -0.05) is 0 Å². The third-order valence-electron chi connectivity index (χ3n) is 2.61. The zero-order valence-electron chi connectivity index (χ0n) is 6.98. The third-order valence-corrected chi connectivity index (χ3v) is 2.61. The molecule has 1 heterocycles. The van der Waals surface area contributed by atoms with Gasteiger partial charge in [-0.2, -0.15) is 0 Å². The Kier molecular flexibility index (Phi) is 2.21. The van der Waals surface area contributed by atoms with E-state index in [1.54, 1.807) is 12.5 Å². The van der Waals surface area contributed by atoms with Crippen molar-refractivity contribution in [1.29, 1.82) is 0 Å².